The van der Waals surface area contributed by atoms with Crippen LogP contribution in [0.2, 0.25) is 0 Å². The van der Waals surface area contributed by atoms with Crippen LogP contribution in [0.1, 0.15) is 0 Å². The minimum absolute atomic E-state index is 0.728. The summed E-state index contributed by atoms with van der Waals surface area (Å²) in [5.41, 5.74) is 6.65. The summed E-state index contributed by atoms with van der Waals surface area (Å²) in [6, 6.07) is 31.7. The van der Waals surface area contributed by atoms with Crippen LogP contribution in [0, 0.1) is 0 Å². The molecule has 0 radical (unpaired) electrons. The van der Waals surface area contributed by atoms with Crippen molar-refractivity contribution < 1.29 is 4.42 Å². The zero-order chi connectivity index (χ0) is 21.1. The maximum Gasteiger partial charge on any atom is 0.180 e. The topological polar surface area (TPSA) is 38.9 Å². The highest BCUT2D eigenvalue weighted by atomic mass is 32.1. The molecule has 3 heterocycles. The van der Waals surface area contributed by atoms with E-state index in [1.807, 2.05) is 35.6 Å². The lowest BCUT2D eigenvalue weighted by Crippen LogP contribution is -1.87. The van der Waals surface area contributed by atoms with E-state index >= 15 is 0 Å². The van der Waals surface area contributed by atoms with E-state index in [1.54, 1.807) is 6.33 Å². The molecule has 0 saturated heterocycles. The Kier molecular flexibility index (Phi) is 3.72. The third-order valence-corrected chi connectivity index (χ3v) is 7.23. The molecule has 150 valence electrons. The van der Waals surface area contributed by atoms with Crippen LogP contribution in [0.5, 0.6) is 0 Å². The molecule has 3 nitrogen and oxygen atoms in total. The van der Waals surface area contributed by atoms with Crippen LogP contribution in [0.25, 0.3) is 64.6 Å². The van der Waals surface area contributed by atoms with Crippen LogP contribution in [-0.2, 0) is 0 Å². The fourth-order valence-electron chi connectivity index (χ4n) is 4.54. The first-order valence-corrected chi connectivity index (χ1v) is 11.3. The van der Waals surface area contributed by atoms with Crippen LogP contribution in [-0.4, -0.2) is 9.97 Å². The Hall–Kier alpha value is -4.02. The van der Waals surface area contributed by atoms with Crippen molar-refractivity contribution in [3.8, 4) is 22.4 Å². The Morgan fingerprint density at radius 3 is 2.41 bits per heavy atom. The van der Waals surface area contributed by atoms with E-state index in [9.17, 15) is 0 Å². The highest BCUT2D eigenvalue weighted by molar-refractivity contribution is 7.26. The smallest absolute Gasteiger partial charge is 0.180 e. The van der Waals surface area contributed by atoms with Gasteiger partial charge in [0, 0.05) is 31.1 Å². The van der Waals surface area contributed by atoms with Gasteiger partial charge in [0.1, 0.15) is 23.1 Å². The fourth-order valence-corrected chi connectivity index (χ4v) is 5.78. The predicted octanol–water partition coefficient (Wildman–Crippen LogP) is 8.08. The van der Waals surface area contributed by atoms with Gasteiger partial charge < -0.3 is 4.42 Å². The van der Waals surface area contributed by atoms with Gasteiger partial charge in [0.15, 0.2) is 5.58 Å². The molecule has 3 aromatic heterocycles. The number of hydrogen-bond donors (Lipinski definition) is 0. The van der Waals surface area contributed by atoms with Crippen LogP contribution >= 0.6 is 11.3 Å². The molecule has 7 aromatic rings. The number of rotatable bonds is 2. The summed E-state index contributed by atoms with van der Waals surface area (Å²) in [7, 11) is 0. The monoisotopic (exact) mass is 428 g/mol. The second kappa shape index (κ2) is 6.74. The summed E-state index contributed by atoms with van der Waals surface area (Å²) in [6.07, 6.45) is 1.62. The number of benzene rings is 4. The molecule has 7 rings (SSSR count). The van der Waals surface area contributed by atoms with E-state index in [1.165, 1.54) is 31.3 Å². The van der Waals surface area contributed by atoms with Gasteiger partial charge >= 0.3 is 0 Å². The average Bonchev–Trinajstić information content (AvgIpc) is 3.42. The van der Waals surface area contributed by atoms with E-state index in [2.05, 4.69) is 76.7 Å². The van der Waals surface area contributed by atoms with Gasteiger partial charge in [-0.3, -0.25) is 0 Å². The number of aromatic nitrogens is 2. The molecule has 0 spiro atoms. The van der Waals surface area contributed by atoms with Gasteiger partial charge in [-0.25, -0.2) is 9.97 Å². The molecule has 4 heteroatoms. The average molecular weight is 429 g/mol. The number of para-hydroxylation sites is 1. The predicted molar refractivity (Wildman–Crippen MR) is 133 cm³/mol. The lowest BCUT2D eigenvalue weighted by Gasteiger charge is -2.07. The minimum atomic E-state index is 0.728. The molecule has 0 atom stereocenters. The SMILES string of the molecule is c1cc(-c2ncnc3c2oc2ccccc23)cc(-c2cccc3c2sc2ccccc23)c1. The van der Waals surface area contributed by atoms with E-state index in [4.69, 9.17) is 4.42 Å². The molecular formula is C28H16N2OS. The Balaban J connectivity index is 1.45. The Morgan fingerprint density at radius 2 is 1.44 bits per heavy atom. The molecule has 0 N–H and O–H groups in total. The Labute approximate surface area is 187 Å². The Morgan fingerprint density at radius 1 is 0.656 bits per heavy atom. The molecule has 0 amide bonds. The summed E-state index contributed by atoms with van der Waals surface area (Å²) < 4.78 is 8.79. The first-order valence-electron chi connectivity index (χ1n) is 10.5. The van der Waals surface area contributed by atoms with Crippen molar-refractivity contribution in [3.63, 3.8) is 0 Å². The summed E-state index contributed by atoms with van der Waals surface area (Å²) >= 11 is 1.85. The van der Waals surface area contributed by atoms with Crippen LogP contribution < -0.4 is 0 Å². The molecular weight excluding hydrogens is 412 g/mol. The first kappa shape index (κ1) is 17.6. The van der Waals surface area contributed by atoms with Gasteiger partial charge in [0.2, 0.25) is 0 Å². The van der Waals surface area contributed by atoms with Crippen molar-refractivity contribution in [1.29, 1.82) is 0 Å². The third-order valence-electron chi connectivity index (χ3n) is 6.01. The summed E-state index contributed by atoms with van der Waals surface area (Å²) in [5.74, 6) is 0. The largest absolute Gasteiger partial charge is 0.452 e. The zero-order valence-electron chi connectivity index (χ0n) is 16.9. The fraction of sp³-hybridized carbons (Fsp3) is 0. The second-order valence-corrected chi connectivity index (χ2v) is 8.91. The summed E-state index contributed by atoms with van der Waals surface area (Å²) in [6.45, 7) is 0. The van der Waals surface area contributed by atoms with Gasteiger partial charge in [-0.2, -0.15) is 0 Å². The molecule has 0 aliphatic carbocycles. The van der Waals surface area contributed by atoms with Crippen molar-refractivity contribution in [1.82, 2.24) is 9.97 Å². The summed E-state index contributed by atoms with van der Waals surface area (Å²) in [4.78, 5) is 9.10. The van der Waals surface area contributed by atoms with Crippen molar-refractivity contribution in [2.24, 2.45) is 0 Å². The molecule has 0 aliphatic rings. The Bertz CT molecular complexity index is 1670. The van der Waals surface area contributed by atoms with Crippen molar-refractivity contribution in [2.75, 3.05) is 0 Å². The number of fused-ring (bicyclic) bond motifs is 6. The van der Waals surface area contributed by atoms with Crippen molar-refractivity contribution in [2.45, 2.75) is 0 Å². The maximum atomic E-state index is 6.17. The number of nitrogens with zero attached hydrogens (tertiary/aromatic N) is 2. The van der Waals surface area contributed by atoms with Crippen LogP contribution in [0.3, 0.4) is 0 Å². The second-order valence-electron chi connectivity index (χ2n) is 7.86. The van der Waals surface area contributed by atoms with Gasteiger partial charge in [0.25, 0.3) is 0 Å². The maximum absolute atomic E-state index is 6.17. The van der Waals surface area contributed by atoms with Crippen molar-refractivity contribution >= 4 is 53.6 Å². The van der Waals surface area contributed by atoms with Gasteiger partial charge in [-0.1, -0.05) is 66.7 Å². The molecule has 0 bridgehead atoms. The molecule has 0 unspecified atom stereocenters. The standard InChI is InChI=1S/C28H16N2OS/c1-3-13-23-22(10-1)26-27(31-23)25(29-16-30-26)18-8-5-7-17(15-18)19-11-6-12-21-20-9-2-4-14-24(20)32-28(19)21/h1-16H. The first-order chi connectivity index (χ1) is 15.9. The van der Waals surface area contributed by atoms with Gasteiger partial charge in [-0.05, 0) is 35.4 Å². The van der Waals surface area contributed by atoms with Crippen LogP contribution in [0.15, 0.2) is 102 Å². The minimum Gasteiger partial charge on any atom is -0.452 e. The molecule has 32 heavy (non-hydrogen) atoms. The third kappa shape index (κ3) is 2.53. The van der Waals surface area contributed by atoms with Gasteiger partial charge in [-0.15, -0.1) is 11.3 Å². The van der Waals surface area contributed by atoms with Crippen LogP contribution in [0.4, 0.5) is 0 Å². The number of hydrogen-bond acceptors (Lipinski definition) is 4. The summed E-state index contributed by atoms with van der Waals surface area (Å²) in [5, 5.41) is 3.62. The zero-order valence-corrected chi connectivity index (χ0v) is 17.8. The van der Waals surface area contributed by atoms with E-state index < -0.39 is 0 Å². The molecule has 0 fully saturated rings. The quantitative estimate of drug-likeness (QED) is 0.279. The van der Waals surface area contributed by atoms with E-state index in [0.29, 0.717) is 0 Å². The van der Waals surface area contributed by atoms with E-state index in [0.717, 1.165) is 33.3 Å². The van der Waals surface area contributed by atoms with E-state index in [-0.39, 0.29) is 0 Å². The van der Waals surface area contributed by atoms with Gasteiger partial charge in [0.05, 0.1) is 0 Å². The number of furan rings is 1. The molecule has 0 aliphatic heterocycles. The lowest BCUT2D eigenvalue weighted by molar-refractivity contribution is 0.667. The lowest BCUT2D eigenvalue weighted by atomic mass is 9.99. The highest BCUT2D eigenvalue weighted by Crippen LogP contribution is 2.41. The van der Waals surface area contributed by atoms with Crippen molar-refractivity contribution in [3.05, 3.63) is 97.3 Å². The molecule has 4 aromatic carbocycles. The number of thiophene rings is 1. The normalized spacial score (nSPS) is 11.8. The highest BCUT2D eigenvalue weighted by Gasteiger charge is 2.16. The molecule has 0 saturated carbocycles.